The van der Waals surface area contributed by atoms with Gasteiger partial charge in [-0.3, -0.25) is 9.89 Å². The number of aromatic amines is 1. The van der Waals surface area contributed by atoms with Gasteiger partial charge in [0.2, 0.25) is 0 Å². The minimum Gasteiger partial charge on any atom is -0.333 e. The lowest BCUT2D eigenvalue weighted by atomic mass is 10.1. The first-order valence-electron chi connectivity index (χ1n) is 7.93. The van der Waals surface area contributed by atoms with E-state index in [9.17, 15) is 4.79 Å². The minimum atomic E-state index is 0. The number of halogens is 1. The summed E-state index contributed by atoms with van der Waals surface area (Å²) >= 11 is 0. The second-order valence-electron chi connectivity index (χ2n) is 6.36. The van der Waals surface area contributed by atoms with E-state index in [0.29, 0.717) is 17.8 Å². The Morgan fingerprint density at radius 2 is 2.10 bits per heavy atom. The van der Waals surface area contributed by atoms with Crippen LogP contribution in [-0.4, -0.2) is 46.2 Å². The molecule has 1 aliphatic heterocycles. The first kappa shape index (κ1) is 14.9. The third-order valence-electron chi connectivity index (χ3n) is 4.84. The van der Waals surface area contributed by atoms with Gasteiger partial charge in [0, 0.05) is 29.9 Å². The molecule has 21 heavy (non-hydrogen) atoms. The minimum absolute atomic E-state index is 0. The molecule has 1 saturated heterocycles. The predicted molar refractivity (Wildman–Crippen MR) is 82.9 cm³/mol. The van der Waals surface area contributed by atoms with E-state index in [1.165, 1.54) is 24.1 Å². The van der Waals surface area contributed by atoms with Crippen LogP contribution in [0.5, 0.6) is 0 Å². The molecule has 6 heteroatoms. The van der Waals surface area contributed by atoms with Crippen LogP contribution >= 0.6 is 12.4 Å². The fourth-order valence-corrected chi connectivity index (χ4v) is 3.57. The first-order chi connectivity index (χ1) is 9.83. The van der Waals surface area contributed by atoms with Gasteiger partial charge in [-0.15, -0.1) is 12.4 Å². The Balaban J connectivity index is 0.00000132. The molecule has 3 aliphatic rings. The summed E-state index contributed by atoms with van der Waals surface area (Å²) in [6.45, 7) is 1.94. The van der Waals surface area contributed by atoms with Gasteiger partial charge in [0.1, 0.15) is 0 Å². The number of rotatable bonds is 4. The van der Waals surface area contributed by atoms with Crippen molar-refractivity contribution in [2.75, 3.05) is 13.1 Å². The lowest BCUT2D eigenvalue weighted by Gasteiger charge is -2.25. The Hall–Kier alpha value is -1.07. The van der Waals surface area contributed by atoms with Crippen LogP contribution in [0.25, 0.3) is 0 Å². The van der Waals surface area contributed by atoms with Crippen LogP contribution in [0.15, 0.2) is 0 Å². The third-order valence-corrected chi connectivity index (χ3v) is 4.84. The summed E-state index contributed by atoms with van der Waals surface area (Å²) in [6, 6.07) is 0.935. The van der Waals surface area contributed by atoms with Crippen molar-refractivity contribution in [2.24, 2.45) is 0 Å². The fraction of sp³-hybridized carbons (Fsp3) is 0.733. The molecule has 2 N–H and O–H groups in total. The molecule has 1 amide bonds. The average molecular weight is 311 g/mol. The Labute approximate surface area is 131 Å². The Morgan fingerprint density at radius 1 is 1.24 bits per heavy atom. The lowest BCUT2D eigenvalue weighted by molar-refractivity contribution is 0.0721. The van der Waals surface area contributed by atoms with Gasteiger partial charge in [0.05, 0.1) is 0 Å². The van der Waals surface area contributed by atoms with Crippen LogP contribution < -0.4 is 5.32 Å². The summed E-state index contributed by atoms with van der Waals surface area (Å²) in [4.78, 5) is 14.9. The quantitative estimate of drug-likeness (QED) is 0.889. The lowest BCUT2D eigenvalue weighted by Crippen LogP contribution is -2.42. The largest absolute Gasteiger partial charge is 0.333 e. The summed E-state index contributed by atoms with van der Waals surface area (Å²) in [5, 5.41) is 10.9. The number of hydrogen-bond donors (Lipinski definition) is 2. The smallest absolute Gasteiger partial charge is 0.274 e. The highest BCUT2D eigenvalue weighted by molar-refractivity contribution is 5.94. The predicted octanol–water partition coefficient (Wildman–Crippen LogP) is 1.68. The van der Waals surface area contributed by atoms with Crippen molar-refractivity contribution in [1.82, 2.24) is 20.4 Å². The molecule has 2 aliphatic carbocycles. The summed E-state index contributed by atoms with van der Waals surface area (Å²) in [5.41, 5.74) is 3.06. The number of H-pyrrole nitrogens is 1. The van der Waals surface area contributed by atoms with Gasteiger partial charge in [-0.05, 0) is 51.5 Å². The Morgan fingerprint density at radius 3 is 2.81 bits per heavy atom. The van der Waals surface area contributed by atoms with Crippen molar-refractivity contribution in [1.29, 1.82) is 0 Å². The molecule has 116 valence electrons. The topological polar surface area (TPSA) is 61.0 Å². The van der Waals surface area contributed by atoms with Gasteiger partial charge in [0.25, 0.3) is 5.91 Å². The van der Waals surface area contributed by atoms with E-state index in [4.69, 9.17) is 0 Å². The third kappa shape index (κ3) is 2.81. The van der Waals surface area contributed by atoms with Crippen molar-refractivity contribution in [3.05, 3.63) is 17.0 Å². The molecule has 2 fully saturated rings. The molecule has 5 nitrogen and oxygen atoms in total. The molecule has 0 radical (unpaired) electrons. The highest BCUT2D eigenvalue weighted by Crippen LogP contribution is 2.31. The first-order valence-corrected chi connectivity index (χ1v) is 7.93. The molecule has 2 heterocycles. The maximum atomic E-state index is 12.9. The molecule has 1 saturated carbocycles. The van der Waals surface area contributed by atoms with E-state index in [1.54, 1.807) is 0 Å². The van der Waals surface area contributed by atoms with Crippen LogP contribution in [0.1, 0.15) is 53.8 Å². The molecule has 0 aromatic carbocycles. The van der Waals surface area contributed by atoms with Gasteiger partial charge >= 0.3 is 0 Å². The number of fused-ring (bicyclic) bond motifs is 1. The SMILES string of the molecule is Cl.O=C(c1n[nH]c2c1CCC2)N(CC1CCCN1)C1CC1. The number of hydrogen-bond acceptors (Lipinski definition) is 3. The van der Waals surface area contributed by atoms with Crippen LogP contribution in [0, 0.1) is 0 Å². The Kier molecular flexibility index (Phi) is 4.22. The summed E-state index contributed by atoms with van der Waals surface area (Å²) in [6.07, 6.45) is 7.94. The van der Waals surface area contributed by atoms with E-state index in [1.807, 2.05) is 0 Å². The molecule has 4 rings (SSSR count). The maximum Gasteiger partial charge on any atom is 0.274 e. The molecule has 1 aromatic heterocycles. The summed E-state index contributed by atoms with van der Waals surface area (Å²) < 4.78 is 0. The van der Waals surface area contributed by atoms with Crippen molar-refractivity contribution in [3.8, 4) is 0 Å². The zero-order chi connectivity index (χ0) is 13.5. The van der Waals surface area contributed by atoms with Gasteiger partial charge < -0.3 is 10.2 Å². The molecule has 0 bridgehead atoms. The number of nitrogens with zero attached hydrogens (tertiary/aromatic N) is 2. The number of nitrogens with one attached hydrogen (secondary N) is 2. The number of aromatic nitrogens is 2. The van der Waals surface area contributed by atoms with E-state index in [0.717, 1.165) is 45.2 Å². The molecular formula is C15H23ClN4O. The average Bonchev–Trinajstić information content (AvgIpc) is 2.88. The molecule has 0 spiro atoms. The van der Waals surface area contributed by atoms with Gasteiger partial charge in [-0.2, -0.15) is 5.10 Å². The van der Waals surface area contributed by atoms with E-state index in [-0.39, 0.29) is 18.3 Å². The zero-order valence-corrected chi connectivity index (χ0v) is 13.0. The number of amides is 1. The van der Waals surface area contributed by atoms with Crippen LogP contribution in [-0.2, 0) is 12.8 Å². The standard InChI is InChI=1S/C15H22N4O.ClH/c20-15(14-12-4-1-5-13(12)17-18-14)19(11-6-7-11)9-10-3-2-8-16-10;/h10-11,16H,1-9H2,(H,17,18);1H. The van der Waals surface area contributed by atoms with E-state index < -0.39 is 0 Å². The summed E-state index contributed by atoms with van der Waals surface area (Å²) in [7, 11) is 0. The second-order valence-corrected chi connectivity index (χ2v) is 6.36. The molecule has 1 atom stereocenters. The summed E-state index contributed by atoms with van der Waals surface area (Å²) in [5.74, 6) is 0.153. The fourth-order valence-electron chi connectivity index (χ4n) is 3.57. The van der Waals surface area contributed by atoms with Gasteiger partial charge in [-0.25, -0.2) is 0 Å². The van der Waals surface area contributed by atoms with Gasteiger partial charge in [-0.1, -0.05) is 0 Å². The van der Waals surface area contributed by atoms with E-state index in [2.05, 4.69) is 20.4 Å². The molecule has 1 aromatic rings. The van der Waals surface area contributed by atoms with Crippen molar-refractivity contribution in [3.63, 3.8) is 0 Å². The highest BCUT2D eigenvalue weighted by atomic mass is 35.5. The monoisotopic (exact) mass is 310 g/mol. The van der Waals surface area contributed by atoms with Crippen molar-refractivity contribution in [2.45, 2.75) is 57.0 Å². The van der Waals surface area contributed by atoms with Crippen LogP contribution in [0.2, 0.25) is 0 Å². The Bertz CT molecular complexity index is 520. The highest BCUT2D eigenvalue weighted by Gasteiger charge is 2.37. The second kappa shape index (κ2) is 5.97. The number of carbonyl (C=O) groups excluding carboxylic acids is 1. The van der Waals surface area contributed by atoms with Crippen LogP contribution in [0.3, 0.4) is 0 Å². The van der Waals surface area contributed by atoms with Crippen molar-refractivity contribution >= 4 is 18.3 Å². The van der Waals surface area contributed by atoms with E-state index >= 15 is 0 Å². The van der Waals surface area contributed by atoms with Crippen molar-refractivity contribution < 1.29 is 4.79 Å². The van der Waals surface area contributed by atoms with Gasteiger partial charge in [0.15, 0.2) is 5.69 Å². The molecular weight excluding hydrogens is 288 g/mol. The normalized spacial score (nSPS) is 23.7. The number of aryl methyl sites for hydroxylation is 1. The molecule has 1 unspecified atom stereocenters. The zero-order valence-electron chi connectivity index (χ0n) is 12.2. The van der Waals surface area contributed by atoms with Crippen LogP contribution in [0.4, 0.5) is 0 Å². The number of carbonyl (C=O) groups is 1. The maximum absolute atomic E-state index is 12.9.